The standard InChI is InChI=1S/C17H20BrNS/c1-2-16(17-4-3-9-20-17)19-15-8-6-12-10-14(18)7-5-13(12)11-15/h3-5,7,9-10,15-16,19H,2,6,8,11H2,1H3. The molecule has 2 unspecified atom stereocenters. The molecule has 20 heavy (non-hydrogen) atoms. The minimum atomic E-state index is 0.511. The maximum atomic E-state index is 3.86. The summed E-state index contributed by atoms with van der Waals surface area (Å²) in [6.45, 7) is 2.27. The van der Waals surface area contributed by atoms with Crippen LogP contribution < -0.4 is 5.32 Å². The molecule has 3 rings (SSSR count). The number of hydrogen-bond donors (Lipinski definition) is 1. The first-order valence-electron chi connectivity index (χ1n) is 7.33. The number of hydrogen-bond acceptors (Lipinski definition) is 2. The molecule has 1 N–H and O–H groups in total. The zero-order chi connectivity index (χ0) is 13.9. The molecule has 0 amide bonds. The molecule has 1 heterocycles. The number of nitrogens with one attached hydrogen (secondary N) is 1. The summed E-state index contributed by atoms with van der Waals surface area (Å²) in [7, 11) is 0. The fourth-order valence-electron chi connectivity index (χ4n) is 3.04. The lowest BCUT2D eigenvalue weighted by Crippen LogP contribution is -2.36. The Kier molecular flexibility index (Phi) is 4.59. The molecule has 1 aromatic carbocycles. The third-order valence-corrected chi connectivity index (χ3v) is 5.61. The molecule has 3 heteroatoms. The van der Waals surface area contributed by atoms with Crippen LogP contribution in [0.1, 0.15) is 41.8 Å². The molecular formula is C17H20BrNS. The lowest BCUT2D eigenvalue weighted by molar-refractivity contribution is 0.395. The van der Waals surface area contributed by atoms with Crippen LogP contribution in [-0.2, 0) is 12.8 Å². The summed E-state index contributed by atoms with van der Waals surface area (Å²) < 4.78 is 1.20. The summed E-state index contributed by atoms with van der Waals surface area (Å²) in [4.78, 5) is 1.47. The summed E-state index contributed by atoms with van der Waals surface area (Å²) in [6.07, 6.45) is 4.74. The molecule has 0 saturated carbocycles. The van der Waals surface area contributed by atoms with E-state index in [4.69, 9.17) is 0 Å². The Labute approximate surface area is 133 Å². The van der Waals surface area contributed by atoms with E-state index in [1.54, 1.807) is 0 Å². The quantitative estimate of drug-likeness (QED) is 0.808. The van der Waals surface area contributed by atoms with E-state index in [0.29, 0.717) is 12.1 Å². The van der Waals surface area contributed by atoms with Crippen molar-refractivity contribution >= 4 is 27.3 Å². The first kappa shape index (κ1) is 14.3. The molecule has 1 aromatic heterocycles. The van der Waals surface area contributed by atoms with Crippen molar-refractivity contribution < 1.29 is 0 Å². The Morgan fingerprint density at radius 2 is 2.25 bits per heavy atom. The highest BCUT2D eigenvalue weighted by molar-refractivity contribution is 9.10. The maximum Gasteiger partial charge on any atom is 0.0414 e. The smallest absolute Gasteiger partial charge is 0.0414 e. The van der Waals surface area contributed by atoms with E-state index < -0.39 is 0 Å². The first-order valence-corrected chi connectivity index (χ1v) is 9.00. The van der Waals surface area contributed by atoms with Crippen LogP contribution in [0.15, 0.2) is 40.2 Å². The van der Waals surface area contributed by atoms with E-state index in [2.05, 4.69) is 63.9 Å². The van der Waals surface area contributed by atoms with Crippen LogP contribution in [0.4, 0.5) is 0 Å². The molecule has 2 atom stereocenters. The van der Waals surface area contributed by atoms with Gasteiger partial charge in [0.25, 0.3) is 0 Å². The Balaban J connectivity index is 1.69. The van der Waals surface area contributed by atoms with E-state index >= 15 is 0 Å². The van der Waals surface area contributed by atoms with Crippen molar-refractivity contribution in [2.75, 3.05) is 0 Å². The molecule has 0 saturated heterocycles. The van der Waals surface area contributed by atoms with Gasteiger partial charge >= 0.3 is 0 Å². The van der Waals surface area contributed by atoms with Crippen molar-refractivity contribution in [2.24, 2.45) is 0 Å². The first-order chi connectivity index (χ1) is 9.76. The number of fused-ring (bicyclic) bond motifs is 1. The number of rotatable bonds is 4. The van der Waals surface area contributed by atoms with Crippen LogP contribution in [0, 0.1) is 0 Å². The monoisotopic (exact) mass is 349 g/mol. The summed E-state index contributed by atoms with van der Waals surface area (Å²) in [6, 6.07) is 12.2. The zero-order valence-electron chi connectivity index (χ0n) is 11.7. The van der Waals surface area contributed by atoms with E-state index in [1.165, 1.54) is 33.3 Å². The van der Waals surface area contributed by atoms with Crippen molar-refractivity contribution in [3.63, 3.8) is 0 Å². The third kappa shape index (κ3) is 3.16. The Bertz CT molecular complexity index is 564. The predicted molar refractivity (Wildman–Crippen MR) is 90.4 cm³/mol. The second kappa shape index (κ2) is 6.42. The predicted octanol–water partition coefficient (Wildman–Crippen LogP) is 5.11. The van der Waals surface area contributed by atoms with Crippen molar-refractivity contribution in [1.29, 1.82) is 0 Å². The second-order valence-corrected chi connectivity index (χ2v) is 7.39. The van der Waals surface area contributed by atoms with Gasteiger partial charge in [-0.1, -0.05) is 35.0 Å². The van der Waals surface area contributed by atoms with Gasteiger partial charge in [0.2, 0.25) is 0 Å². The lowest BCUT2D eigenvalue weighted by Gasteiger charge is -2.29. The minimum absolute atomic E-state index is 0.511. The Hall–Kier alpha value is -0.640. The second-order valence-electron chi connectivity index (χ2n) is 5.50. The van der Waals surface area contributed by atoms with Gasteiger partial charge in [-0.15, -0.1) is 11.3 Å². The number of halogens is 1. The van der Waals surface area contributed by atoms with E-state index in [1.807, 2.05) is 11.3 Å². The average Bonchev–Trinajstić information content (AvgIpc) is 2.99. The fourth-order valence-corrected chi connectivity index (χ4v) is 4.32. The number of benzene rings is 1. The van der Waals surface area contributed by atoms with Gasteiger partial charge in [0.1, 0.15) is 0 Å². The highest BCUT2D eigenvalue weighted by atomic mass is 79.9. The van der Waals surface area contributed by atoms with Crippen molar-refractivity contribution in [3.05, 3.63) is 56.2 Å². The van der Waals surface area contributed by atoms with Gasteiger partial charge in [0, 0.05) is 21.4 Å². The normalized spacial score (nSPS) is 19.6. The molecule has 0 fully saturated rings. The molecule has 1 aliphatic carbocycles. The van der Waals surface area contributed by atoms with E-state index in [9.17, 15) is 0 Å². The summed E-state index contributed by atoms with van der Waals surface area (Å²) in [5.74, 6) is 0. The van der Waals surface area contributed by atoms with Crippen LogP contribution in [0.3, 0.4) is 0 Å². The number of thiophene rings is 1. The van der Waals surface area contributed by atoms with Gasteiger partial charge in [-0.3, -0.25) is 0 Å². The number of aryl methyl sites for hydroxylation is 1. The summed E-state index contributed by atoms with van der Waals surface area (Å²) in [5, 5.41) is 6.04. The van der Waals surface area contributed by atoms with Crippen molar-refractivity contribution in [1.82, 2.24) is 5.32 Å². The van der Waals surface area contributed by atoms with Gasteiger partial charge in [0.15, 0.2) is 0 Å². The SMILES string of the molecule is CCC(NC1CCc2cc(Br)ccc2C1)c1cccs1. The van der Waals surface area contributed by atoms with Crippen LogP contribution in [-0.4, -0.2) is 6.04 Å². The fraction of sp³-hybridized carbons (Fsp3) is 0.412. The molecule has 1 nitrogen and oxygen atoms in total. The Morgan fingerprint density at radius 1 is 1.35 bits per heavy atom. The molecule has 106 valence electrons. The van der Waals surface area contributed by atoms with Gasteiger partial charge in [-0.2, -0.15) is 0 Å². The van der Waals surface area contributed by atoms with E-state index in [0.717, 1.165) is 12.8 Å². The Morgan fingerprint density at radius 3 is 3.00 bits per heavy atom. The summed E-state index contributed by atoms with van der Waals surface area (Å²) >= 11 is 5.43. The molecule has 0 aliphatic heterocycles. The third-order valence-electron chi connectivity index (χ3n) is 4.13. The van der Waals surface area contributed by atoms with E-state index in [-0.39, 0.29) is 0 Å². The van der Waals surface area contributed by atoms with Crippen molar-refractivity contribution in [2.45, 2.75) is 44.7 Å². The lowest BCUT2D eigenvalue weighted by atomic mass is 9.88. The van der Waals surface area contributed by atoms with Gasteiger partial charge < -0.3 is 5.32 Å². The van der Waals surface area contributed by atoms with Gasteiger partial charge in [-0.25, -0.2) is 0 Å². The average molecular weight is 350 g/mol. The van der Waals surface area contributed by atoms with Gasteiger partial charge in [-0.05, 0) is 60.4 Å². The molecule has 0 radical (unpaired) electrons. The van der Waals surface area contributed by atoms with Crippen LogP contribution in [0.25, 0.3) is 0 Å². The van der Waals surface area contributed by atoms with Gasteiger partial charge in [0.05, 0.1) is 0 Å². The van der Waals surface area contributed by atoms with Crippen LogP contribution >= 0.6 is 27.3 Å². The largest absolute Gasteiger partial charge is 0.306 e. The van der Waals surface area contributed by atoms with Crippen LogP contribution in [0.2, 0.25) is 0 Å². The van der Waals surface area contributed by atoms with Crippen molar-refractivity contribution in [3.8, 4) is 0 Å². The zero-order valence-corrected chi connectivity index (χ0v) is 14.1. The molecular weight excluding hydrogens is 330 g/mol. The highest BCUT2D eigenvalue weighted by Gasteiger charge is 2.21. The highest BCUT2D eigenvalue weighted by Crippen LogP contribution is 2.28. The maximum absolute atomic E-state index is 3.86. The molecule has 0 spiro atoms. The van der Waals surface area contributed by atoms with Crippen LogP contribution in [0.5, 0.6) is 0 Å². The molecule has 2 aromatic rings. The molecule has 0 bridgehead atoms. The molecule has 1 aliphatic rings. The summed E-state index contributed by atoms with van der Waals surface area (Å²) in [5.41, 5.74) is 3.03. The topological polar surface area (TPSA) is 12.0 Å². The minimum Gasteiger partial charge on any atom is -0.306 e.